The van der Waals surface area contributed by atoms with E-state index < -0.39 is 5.54 Å². The molecule has 4 heteroatoms. The lowest BCUT2D eigenvalue weighted by Crippen LogP contribution is -2.56. The number of carbonyl (C=O) groups is 2. The van der Waals surface area contributed by atoms with E-state index in [1.165, 1.54) is 0 Å². The van der Waals surface area contributed by atoms with Crippen LogP contribution in [-0.4, -0.2) is 34.8 Å². The average molecular weight is 268 g/mol. The van der Waals surface area contributed by atoms with Crippen LogP contribution in [-0.2, 0) is 9.59 Å². The van der Waals surface area contributed by atoms with E-state index in [2.05, 4.69) is 19.2 Å². The number of hydrogen-bond acceptors (Lipinski definition) is 2. The molecule has 3 unspecified atom stereocenters. The summed E-state index contributed by atoms with van der Waals surface area (Å²) in [5.74, 6) is 0.526. The Morgan fingerprint density at radius 3 is 2.58 bits per heavy atom. The highest BCUT2D eigenvalue weighted by Gasteiger charge is 2.41. The topological polar surface area (TPSA) is 49.4 Å². The van der Waals surface area contributed by atoms with Gasteiger partial charge in [0.25, 0.3) is 0 Å². The first kappa shape index (κ1) is 16.0. The number of nitrogens with zero attached hydrogens (tertiary/aromatic N) is 1. The van der Waals surface area contributed by atoms with Gasteiger partial charge in [0, 0.05) is 19.0 Å². The van der Waals surface area contributed by atoms with E-state index >= 15 is 0 Å². The van der Waals surface area contributed by atoms with Crippen LogP contribution in [0.25, 0.3) is 0 Å². The van der Waals surface area contributed by atoms with E-state index in [0.717, 1.165) is 19.4 Å². The second-order valence-corrected chi connectivity index (χ2v) is 6.14. The molecule has 0 spiro atoms. The summed E-state index contributed by atoms with van der Waals surface area (Å²) in [5.41, 5.74) is -0.742. The lowest BCUT2D eigenvalue weighted by atomic mass is 9.96. The van der Waals surface area contributed by atoms with Gasteiger partial charge in [-0.25, -0.2) is 0 Å². The third-order valence-electron chi connectivity index (χ3n) is 4.16. The maximum Gasteiger partial charge on any atom is 0.248 e. The molecular formula is C15H28N2O2. The highest BCUT2D eigenvalue weighted by atomic mass is 16.2. The van der Waals surface area contributed by atoms with Gasteiger partial charge in [0.05, 0.1) is 0 Å². The first-order chi connectivity index (χ1) is 8.84. The van der Waals surface area contributed by atoms with Gasteiger partial charge in [0.15, 0.2) is 0 Å². The Morgan fingerprint density at radius 1 is 1.42 bits per heavy atom. The fraction of sp³-hybridized carbons (Fsp3) is 0.867. The van der Waals surface area contributed by atoms with Gasteiger partial charge in [0.1, 0.15) is 5.54 Å². The Morgan fingerprint density at radius 2 is 2.05 bits per heavy atom. The van der Waals surface area contributed by atoms with Gasteiger partial charge >= 0.3 is 0 Å². The number of carbonyl (C=O) groups excluding carboxylic acids is 2. The molecule has 2 amide bonds. The minimum Gasteiger partial charge on any atom is -0.342 e. The Kier molecular flexibility index (Phi) is 5.39. The molecule has 0 aromatic carbocycles. The van der Waals surface area contributed by atoms with E-state index in [0.29, 0.717) is 18.8 Å². The molecule has 1 saturated heterocycles. The van der Waals surface area contributed by atoms with E-state index in [-0.39, 0.29) is 17.9 Å². The first-order valence-electron chi connectivity index (χ1n) is 7.46. The molecule has 0 aromatic heterocycles. The summed E-state index contributed by atoms with van der Waals surface area (Å²) in [4.78, 5) is 26.5. The Hall–Kier alpha value is -1.06. The first-order valence-corrected chi connectivity index (χ1v) is 7.46. The second kappa shape index (κ2) is 6.40. The summed E-state index contributed by atoms with van der Waals surface area (Å²) in [6, 6.07) is -0.0137. The highest BCUT2D eigenvalue weighted by molar-refractivity contribution is 5.93. The normalized spacial score (nSPS) is 29.9. The third kappa shape index (κ3) is 3.71. The monoisotopic (exact) mass is 268 g/mol. The molecule has 19 heavy (non-hydrogen) atoms. The highest BCUT2D eigenvalue weighted by Crippen LogP contribution is 2.23. The third-order valence-corrected chi connectivity index (χ3v) is 4.16. The van der Waals surface area contributed by atoms with Gasteiger partial charge in [-0.3, -0.25) is 9.59 Å². The van der Waals surface area contributed by atoms with Crippen LogP contribution < -0.4 is 5.32 Å². The molecule has 1 aliphatic heterocycles. The molecule has 0 bridgehead atoms. The molecule has 1 rings (SSSR count). The minimum atomic E-state index is -0.742. The smallest absolute Gasteiger partial charge is 0.248 e. The fourth-order valence-corrected chi connectivity index (χ4v) is 2.73. The fourth-order valence-electron chi connectivity index (χ4n) is 2.73. The van der Waals surface area contributed by atoms with Crippen molar-refractivity contribution in [1.82, 2.24) is 10.2 Å². The van der Waals surface area contributed by atoms with Crippen LogP contribution in [0.2, 0.25) is 0 Å². The van der Waals surface area contributed by atoms with Crippen molar-refractivity contribution in [3.8, 4) is 0 Å². The average Bonchev–Trinajstić information content (AvgIpc) is 2.41. The van der Waals surface area contributed by atoms with Crippen LogP contribution in [0.5, 0.6) is 0 Å². The molecule has 110 valence electrons. The summed E-state index contributed by atoms with van der Waals surface area (Å²) >= 11 is 0. The summed E-state index contributed by atoms with van der Waals surface area (Å²) in [7, 11) is 0. The van der Waals surface area contributed by atoms with Gasteiger partial charge < -0.3 is 10.2 Å². The zero-order chi connectivity index (χ0) is 14.6. The summed E-state index contributed by atoms with van der Waals surface area (Å²) < 4.78 is 0. The van der Waals surface area contributed by atoms with Crippen LogP contribution in [0.3, 0.4) is 0 Å². The summed E-state index contributed by atoms with van der Waals surface area (Å²) in [6.07, 6.45) is 3.27. The van der Waals surface area contributed by atoms with Crippen LogP contribution >= 0.6 is 0 Å². The molecule has 1 aliphatic rings. The van der Waals surface area contributed by atoms with Crippen LogP contribution in [0.15, 0.2) is 0 Å². The van der Waals surface area contributed by atoms with E-state index in [4.69, 9.17) is 0 Å². The molecular weight excluding hydrogens is 240 g/mol. The molecule has 4 nitrogen and oxygen atoms in total. The Labute approximate surface area is 116 Å². The zero-order valence-electron chi connectivity index (χ0n) is 13.0. The quantitative estimate of drug-likeness (QED) is 0.832. The molecule has 3 atom stereocenters. The molecule has 0 aromatic rings. The van der Waals surface area contributed by atoms with Gasteiger partial charge in [-0.05, 0) is 32.6 Å². The van der Waals surface area contributed by atoms with E-state index in [1.807, 2.05) is 25.7 Å². The van der Waals surface area contributed by atoms with Gasteiger partial charge in [-0.15, -0.1) is 0 Å². The van der Waals surface area contributed by atoms with Crippen molar-refractivity contribution < 1.29 is 9.59 Å². The van der Waals surface area contributed by atoms with Gasteiger partial charge in [-0.1, -0.05) is 27.2 Å². The number of rotatable bonds is 5. The second-order valence-electron chi connectivity index (χ2n) is 6.14. The Bertz CT molecular complexity index is 343. The number of amides is 2. The predicted molar refractivity (Wildman–Crippen MR) is 76.7 cm³/mol. The lowest BCUT2D eigenvalue weighted by molar-refractivity contribution is -0.140. The van der Waals surface area contributed by atoms with Crippen molar-refractivity contribution in [3.63, 3.8) is 0 Å². The van der Waals surface area contributed by atoms with Crippen molar-refractivity contribution >= 4 is 11.8 Å². The zero-order valence-corrected chi connectivity index (χ0v) is 13.0. The number of hydrogen-bond donors (Lipinski definition) is 1. The molecule has 1 N–H and O–H groups in total. The molecule has 0 aliphatic carbocycles. The maximum absolute atomic E-state index is 12.7. The van der Waals surface area contributed by atoms with Crippen molar-refractivity contribution in [2.75, 3.05) is 6.54 Å². The SMILES string of the molecule is CCCC(C)CN1C(=O)C(C)(CC)NC(=O)CC1C. The standard InChI is InChI=1S/C15H28N2O2/c1-6-8-11(3)10-17-12(4)9-13(18)16-15(5,7-2)14(17)19/h11-12H,6-10H2,1-5H3,(H,16,18). The minimum absolute atomic E-state index is 0.0137. The van der Waals surface area contributed by atoms with Gasteiger partial charge in [0.2, 0.25) is 11.8 Å². The predicted octanol–water partition coefficient (Wildman–Crippen LogP) is 2.33. The Balaban J connectivity index is 2.92. The van der Waals surface area contributed by atoms with Crippen molar-refractivity contribution in [1.29, 1.82) is 0 Å². The molecule has 1 heterocycles. The number of nitrogens with one attached hydrogen (secondary N) is 1. The largest absolute Gasteiger partial charge is 0.342 e. The maximum atomic E-state index is 12.7. The van der Waals surface area contributed by atoms with Crippen LogP contribution in [0.4, 0.5) is 0 Å². The molecule has 1 fully saturated rings. The summed E-state index contributed by atoms with van der Waals surface area (Å²) in [5, 5.41) is 2.89. The molecule has 0 radical (unpaired) electrons. The lowest BCUT2D eigenvalue weighted by Gasteiger charge is -2.35. The van der Waals surface area contributed by atoms with Crippen molar-refractivity contribution in [2.45, 2.75) is 71.9 Å². The van der Waals surface area contributed by atoms with E-state index in [9.17, 15) is 9.59 Å². The summed E-state index contributed by atoms with van der Waals surface area (Å²) in [6.45, 7) is 10.8. The van der Waals surface area contributed by atoms with E-state index in [1.54, 1.807) is 0 Å². The van der Waals surface area contributed by atoms with Crippen molar-refractivity contribution in [3.05, 3.63) is 0 Å². The van der Waals surface area contributed by atoms with Crippen LogP contribution in [0, 0.1) is 5.92 Å². The van der Waals surface area contributed by atoms with Gasteiger partial charge in [-0.2, -0.15) is 0 Å². The van der Waals surface area contributed by atoms with Crippen molar-refractivity contribution in [2.24, 2.45) is 5.92 Å². The molecule has 0 saturated carbocycles. The van der Waals surface area contributed by atoms with Crippen LogP contribution in [0.1, 0.15) is 60.3 Å².